The first-order valence-electron chi connectivity index (χ1n) is 7.49. The molecule has 2 rings (SSSR count). The molecule has 0 aliphatic rings. The van der Waals surface area contributed by atoms with Crippen molar-refractivity contribution in [1.29, 1.82) is 10.5 Å². The van der Waals surface area contributed by atoms with Gasteiger partial charge in [-0.25, -0.2) is 0 Å². The van der Waals surface area contributed by atoms with Crippen molar-refractivity contribution in [2.24, 2.45) is 0 Å². The van der Waals surface area contributed by atoms with Crippen LogP contribution < -0.4 is 9.47 Å². The first kappa shape index (κ1) is 18.9. The van der Waals surface area contributed by atoms with Crippen LogP contribution in [0.5, 0.6) is 11.5 Å². The summed E-state index contributed by atoms with van der Waals surface area (Å²) in [6.45, 7) is 0. The van der Waals surface area contributed by atoms with Crippen molar-refractivity contribution in [2.45, 2.75) is 18.3 Å². The van der Waals surface area contributed by atoms with Gasteiger partial charge in [-0.05, 0) is 35.4 Å². The van der Waals surface area contributed by atoms with E-state index in [-0.39, 0.29) is 12.3 Å². The topological polar surface area (TPSA) is 66.0 Å². The molecule has 0 fully saturated rings. The Labute approximate surface area is 157 Å². The Kier molecular flexibility index (Phi) is 6.53. The summed E-state index contributed by atoms with van der Waals surface area (Å²) in [7, 11) is 3.10. The number of hydrogen-bond donors (Lipinski definition) is 0. The van der Waals surface area contributed by atoms with E-state index in [2.05, 4.69) is 12.1 Å². The molecule has 6 heteroatoms. The van der Waals surface area contributed by atoms with Crippen molar-refractivity contribution in [1.82, 2.24) is 0 Å². The molecule has 25 heavy (non-hydrogen) atoms. The Morgan fingerprint density at radius 2 is 1.60 bits per heavy atom. The molecule has 0 amide bonds. The van der Waals surface area contributed by atoms with Crippen molar-refractivity contribution in [3.8, 4) is 23.6 Å². The lowest BCUT2D eigenvalue weighted by Crippen LogP contribution is -2.10. The summed E-state index contributed by atoms with van der Waals surface area (Å²) >= 11 is 12.0. The van der Waals surface area contributed by atoms with Gasteiger partial charge in [0.2, 0.25) is 0 Å². The third-order valence-corrected chi connectivity index (χ3v) is 4.73. The van der Waals surface area contributed by atoms with Gasteiger partial charge in [-0.15, -0.1) is 0 Å². The molecule has 2 aromatic carbocycles. The highest BCUT2D eigenvalue weighted by Gasteiger charge is 2.26. The van der Waals surface area contributed by atoms with Gasteiger partial charge >= 0.3 is 0 Å². The van der Waals surface area contributed by atoms with E-state index in [1.165, 1.54) is 0 Å². The number of benzene rings is 2. The van der Waals surface area contributed by atoms with E-state index in [1.54, 1.807) is 44.6 Å². The Morgan fingerprint density at radius 1 is 0.920 bits per heavy atom. The van der Waals surface area contributed by atoms with Crippen LogP contribution in [0.15, 0.2) is 36.4 Å². The van der Waals surface area contributed by atoms with Gasteiger partial charge in [0, 0.05) is 12.3 Å². The average molecular weight is 375 g/mol. The van der Waals surface area contributed by atoms with Crippen LogP contribution in [-0.4, -0.2) is 14.2 Å². The minimum absolute atomic E-state index is 0.175. The maximum Gasteiger partial charge on any atom is 0.160 e. The van der Waals surface area contributed by atoms with E-state index in [1.807, 2.05) is 6.07 Å². The van der Waals surface area contributed by atoms with Gasteiger partial charge in [-0.1, -0.05) is 35.3 Å². The molecule has 0 radical (unpaired) electrons. The minimum Gasteiger partial charge on any atom is -0.493 e. The maximum absolute atomic E-state index is 9.73. The van der Waals surface area contributed by atoms with Gasteiger partial charge in [-0.3, -0.25) is 0 Å². The molecular formula is C19H16Cl2N2O2. The summed E-state index contributed by atoms with van der Waals surface area (Å²) in [5, 5.41) is 19.8. The van der Waals surface area contributed by atoms with E-state index in [9.17, 15) is 10.5 Å². The predicted molar refractivity (Wildman–Crippen MR) is 97.3 cm³/mol. The lowest BCUT2D eigenvalue weighted by atomic mass is 9.80. The fourth-order valence-corrected chi connectivity index (χ4v) is 3.02. The first-order chi connectivity index (χ1) is 12.0. The Bertz CT molecular complexity index is 840. The standard InChI is InChI=1S/C19H16Cl2N2O2/c1-24-18-6-4-13(10-19(18)25-2)14(7-8-22)15(11-23)12-3-5-16(20)17(21)9-12/h3-6,9-10,14-15H,7H2,1-2H3/t14-,15+/m0/s1. The zero-order valence-corrected chi connectivity index (χ0v) is 15.3. The molecule has 128 valence electrons. The number of hydrogen-bond acceptors (Lipinski definition) is 4. The summed E-state index contributed by atoms with van der Waals surface area (Å²) in [6, 6.07) is 14.9. The van der Waals surface area contributed by atoms with Gasteiger partial charge in [0.05, 0.1) is 42.3 Å². The van der Waals surface area contributed by atoms with Crippen LogP contribution in [0.2, 0.25) is 10.0 Å². The lowest BCUT2D eigenvalue weighted by molar-refractivity contribution is 0.354. The van der Waals surface area contributed by atoms with E-state index >= 15 is 0 Å². The highest BCUT2D eigenvalue weighted by Crippen LogP contribution is 2.40. The lowest BCUT2D eigenvalue weighted by Gasteiger charge is -2.22. The number of methoxy groups -OCH3 is 2. The van der Waals surface area contributed by atoms with Gasteiger partial charge in [0.15, 0.2) is 11.5 Å². The molecule has 0 saturated carbocycles. The zero-order valence-electron chi connectivity index (χ0n) is 13.8. The molecule has 0 aliphatic heterocycles. The number of nitriles is 2. The van der Waals surface area contributed by atoms with Crippen LogP contribution in [-0.2, 0) is 0 Å². The quantitative estimate of drug-likeness (QED) is 0.686. The second-order valence-corrected chi connectivity index (χ2v) is 6.18. The summed E-state index contributed by atoms with van der Waals surface area (Å²) < 4.78 is 10.6. The highest BCUT2D eigenvalue weighted by molar-refractivity contribution is 6.42. The van der Waals surface area contributed by atoms with Crippen LogP contribution >= 0.6 is 23.2 Å². The molecule has 0 saturated heterocycles. The second-order valence-electron chi connectivity index (χ2n) is 5.36. The average Bonchev–Trinajstić information content (AvgIpc) is 2.63. The minimum atomic E-state index is -0.549. The third kappa shape index (κ3) is 4.17. The summed E-state index contributed by atoms with van der Waals surface area (Å²) in [5.74, 6) is 0.248. The molecule has 4 nitrogen and oxygen atoms in total. The summed E-state index contributed by atoms with van der Waals surface area (Å²) in [6.07, 6.45) is 0.175. The van der Waals surface area contributed by atoms with E-state index < -0.39 is 5.92 Å². The van der Waals surface area contributed by atoms with Crippen LogP contribution in [0.1, 0.15) is 29.4 Å². The van der Waals surface area contributed by atoms with Crippen molar-refractivity contribution in [3.05, 3.63) is 57.6 Å². The van der Waals surface area contributed by atoms with E-state index in [0.717, 1.165) is 5.56 Å². The van der Waals surface area contributed by atoms with Crippen LogP contribution in [0, 0.1) is 22.7 Å². The SMILES string of the molecule is COc1ccc([C@H](CC#N)[C@H](C#N)c2ccc(Cl)c(Cl)c2)cc1OC. The molecular weight excluding hydrogens is 359 g/mol. The second kappa shape index (κ2) is 8.62. The van der Waals surface area contributed by atoms with Gasteiger partial charge < -0.3 is 9.47 Å². The molecule has 0 N–H and O–H groups in total. The molecule has 0 spiro atoms. The molecule has 0 aliphatic carbocycles. The normalized spacial score (nSPS) is 12.6. The molecule has 2 aromatic rings. The molecule has 0 bridgehead atoms. The predicted octanol–water partition coefficient (Wildman–Crippen LogP) is 5.32. The monoisotopic (exact) mass is 374 g/mol. The number of nitrogens with zero attached hydrogens (tertiary/aromatic N) is 2. The number of rotatable bonds is 6. The number of halogens is 2. The van der Waals surface area contributed by atoms with Crippen molar-refractivity contribution in [3.63, 3.8) is 0 Å². The van der Waals surface area contributed by atoms with Crippen molar-refractivity contribution in [2.75, 3.05) is 14.2 Å². The fraction of sp³-hybridized carbons (Fsp3) is 0.263. The van der Waals surface area contributed by atoms with Crippen LogP contribution in [0.3, 0.4) is 0 Å². The van der Waals surface area contributed by atoms with Gasteiger partial charge in [0.25, 0.3) is 0 Å². The van der Waals surface area contributed by atoms with Crippen LogP contribution in [0.4, 0.5) is 0 Å². The number of ether oxygens (including phenoxy) is 2. The molecule has 0 heterocycles. The first-order valence-corrected chi connectivity index (χ1v) is 8.24. The summed E-state index contributed by atoms with van der Waals surface area (Å²) in [4.78, 5) is 0. The van der Waals surface area contributed by atoms with E-state index in [0.29, 0.717) is 27.1 Å². The van der Waals surface area contributed by atoms with E-state index in [4.69, 9.17) is 32.7 Å². The largest absolute Gasteiger partial charge is 0.493 e. The Hall–Kier alpha value is -2.40. The Balaban J connectivity index is 2.50. The molecule has 0 unspecified atom stereocenters. The van der Waals surface area contributed by atoms with Crippen molar-refractivity contribution >= 4 is 23.2 Å². The fourth-order valence-electron chi connectivity index (χ4n) is 2.71. The smallest absolute Gasteiger partial charge is 0.160 e. The van der Waals surface area contributed by atoms with Crippen LogP contribution in [0.25, 0.3) is 0 Å². The van der Waals surface area contributed by atoms with Gasteiger partial charge in [0.1, 0.15) is 0 Å². The highest BCUT2D eigenvalue weighted by atomic mass is 35.5. The molecule has 0 aromatic heterocycles. The maximum atomic E-state index is 9.73. The molecule has 2 atom stereocenters. The van der Waals surface area contributed by atoms with Gasteiger partial charge in [-0.2, -0.15) is 10.5 Å². The third-order valence-electron chi connectivity index (χ3n) is 3.99. The van der Waals surface area contributed by atoms with Crippen molar-refractivity contribution < 1.29 is 9.47 Å². The zero-order chi connectivity index (χ0) is 18.4. The Morgan fingerprint density at radius 3 is 2.16 bits per heavy atom. The summed E-state index contributed by atoms with van der Waals surface area (Å²) in [5.41, 5.74) is 1.53.